The molecule has 0 radical (unpaired) electrons. The molecule has 4 heterocycles. The number of rotatable bonds is 0. The second-order valence-electron chi connectivity index (χ2n) is 4.69. The minimum absolute atomic E-state index is 0.256. The fourth-order valence-electron chi connectivity index (χ4n) is 2.66. The van der Waals surface area contributed by atoms with E-state index >= 15 is 0 Å². The van der Waals surface area contributed by atoms with Crippen LogP contribution in [0, 0.1) is 0 Å². The van der Waals surface area contributed by atoms with Crippen molar-refractivity contribution in [2.24, 2.45) is 0 Å². The van der Waals surface area contributed by atoms with Gasteiger partial charge in [-0.25, -0.2) is 0 Å². The first-order valence-electron chi connectivity index (χ1n) is 6.24. The average Bonchev–Trinajstić information content (AvgIpc) is 3.11. The zero-order valence-corrected chi connectivity index (χ0v) is 14.4. The minimum atomic E-state index is 0.256. The first-order chi connectivity index (χ1) is 9.92. The van der Waals surface area contributed by atoms with Gasteiger partial charge in [0.1, 0.15) is 0 Å². The normalized spacial score (nSPS) is 17.0. The average molecular weight is 379 g/mol. The third-order valence-corrected chi connectivity index (χ3v) is 9.27. The van der Waals surface area contributed by atoms with Gasteiger partial charge in [0.2, 0.25) is 0 Å². The molecule has 0 aliphatic carbocycles. The second kappa shape index (κ2) is 4.49. The Hall–Kier alpha value is -0.521. The van der Waals surface area contributed by atoms with Crippen LogP contribution in [0.4, 0.5) is 0 Å². The van der Waals surface area contributed by atoms with Gasteiger partial charge in [-0.1, -0.05) is 0 Å². The van der Waals surface area contributed by atoms with Gasteiger partial charge in [0.05, 0.1) is 0 Å². The summed E-state index contributed by atoms with van der Waals surface area (Å²) in [5, 5.41) is 5.84. The molecule has 1 aromatic carbocycles. The van der Waals surface area contributed by atoms with E-state index in [0.29, 0.717) is 0 Å². The molecule has 0 amide bonds. The van der Waals surface area contributed by atoms with Gasteiger partial charge in [0, 0.05) is 0 Å². The van der Waals surface area contributed by atoms with Crippen molar-refractivity contribution < 1.29 is 0 Å². The van der Waals surface area contributed by atoms with Crippen LogP contribution in [-0.2, 0) is 5.75 Å². The molecule has 0 bridgehead atoms. The Morgan fingerprint density at radius 2 is 2.05 bits per heavy atom. The standard InChI is InChI=1S/C14H8N2S3Se/c1-2-4-9-7(3-1)12-14(19-9)13-8(5-17-12)11-10(6-18-13)20-16-15-11/h1-4H,5-6H2. The van der Waals surface area contributed by atoms with Gasteiger partial charge in [-0.15, -0.1) is 0 Å². The first kappa shape index (κ1) is 12.1. The molecule has 2 aliphatic rings. The molecule has 0 atom stereocenters. The van der Waals surface area contributed by atoms with Crippen molar-refractivity contribution in [3.8, 4) is 0 Å². The van der Waals surface area contributed by atoms with Gasteiger partial charge in [0.25, 0.3) is 0 Å². The third-order valence-electron chi connectivity index (χ3n) is 3.58. The summed E-state index contributed by atoms with van der Waals surface area (Å²) in [7, 11) is 0. The number of hydrogen-bond donors (Lipinski definition) is 0. The van der Waals surface area contributed by atoms with Crippen molar-refractivity contribution in [2.75, 3.05) is 5.75 Å². The van der Waals surface area contributed by atoms with Gasteiger partial charge in [0.15, 0.2) is 0 Å². The van der Waals surface area contributed by atoms with E-state index in [1.54, 1.807) is 0 Å². The Balaban J connectivity index is 1.82. The molecule has 0 saturated heterocycles. The summed E-state index contributed by atoms with van der Waals surface area (Å²) in [5.74, 6) is 2.13. The summed E-state index contributed by atoms with van der Waals surface area (Å²) in [6.07, 6.45) is 0. The number of hydrogen-bond acceptors (Lipinski definition) is 5. The number of thiophene rings is 1. The molecule has 20 heavy (non-hydrogen) atoms. The summed E-state index contributed by atoms with van der Waals surface area (Å²) in [6, 6.07) is 8.75. The van der Waals surface area contributed by atoms with E-state index in [9.17, 15) is 0 Å². The number of nitrogens with zero attached hydrogens (tertiary/aromatic N) is 2. The van der Waals surface area contributed by atoms with Gasteiger partial charge >= 0.3 is 135 Å². The predicted octanol–water partition coefficient (Wildman–Crippen LogP) is 3.97. The summed E-state index contributed by atoms with van der Waals surface area (Å²) >= 11 is 6.15. The molecule has 6 heteroatoms. The van der Waals surface area contributed by atoms with E-state index in [-0.39, 0.29) is 14.7 Å². The van der Waals surface area contributed by atoms with Crippen LogP contribution in [0.25, 0.3) is 20.6 Å². The molecular formula is C14H8N2S3Se. The fraction of sp³-hybridized carbons (Fsp3) is 0.143. The Morgan fingerprint density at radius 3 is 3.05 bits per heavy atom. The van der Waals surface area contributed by atoms with Crippen LogP contribution in [0.1, 0.15) is 15.0 Å². The molecular weight excluding hydrogens is 371 g/mol. The molecule has 98 valence electrons. The van der Waals surface area contributed by atoms with Gasteiger partial charge in [-0.2, -0.15) is 0 Å². The number of benzene rings is 1. The maximum absolute atomic E-state index is 4.42. The number of thioether (sulfide) groups is 2. The molecule has 0 spiro atoms. The Bertz CT molecular complexity index is 878. The van der Waals surface area contributed by atoms with Gasteiger partial charge < -0.3 is 0 Å². The topological polar surface area (TPSA) is 25.8 Å². The molecule has 0 unspecified atom stereocenters. The quantitative estimate of drug-likeness (QED) is 0.552. The van der Waals surface area contributed by atoms with E-state index in [0.717, 1.165) is 11.5 Å². The van der Waals surface area contributed by atoms with E-state index in [2.05, 4.69) is 33.5 Å². The van der Waals surface area contributed by atoms with Crippen LogP contribution < -0.4 is 0 Å². The van der Waals surface area contributed by atoms with Gasteiger partial charge in [-0.3, -0.25) is 0 Å². The maximum atomic E-state index is 4.42. The molecule has 2 nitrogen and oxygen atoms in total. The Labute approximate surface area is 134 Å². The van der Waals surface area contributed by atoms with E-state index in [1.165, 1.54) is 40.5 Å². The summed E-state index contributed by atoms with van der Waals surface area (Å²) in [6.45, 7) is 0. The van der Waals surface area contributed by atoms with Crippen LogP contribution in [0.15, 0.2) is 29.2 Å². The monoisotopic (exact) mass is 380 g/mol. The van der Waals surface area contributed by atoms with E-state index in [4.69, 9.17) is 0 Å². The van der Waals surface area contributed by atoms with E-state index in [1.807, 2.05) is 34.9 Å². The Morgan fingerprint density at radius 1 is 1.10 bits per heavy atom. The number of aromatic nitrogens is 2. The van der Waals surface area contributed by atoms with Crippen LogP contribution >= 0.6 is 34.9 Å². The van der Waals surface area contributed by atoms with Crippen LogP contribution in [-0.4, -0.2) is 29.7 Å². The van der Waals surface area contributed by atoms with Crippen LogP contribution in [0.5, 0.6) is 0 Å². The van der Waals surface area contributed by atoms with Crippen molar-refractivity contribution in [1.82, 2.24) is 9.19 Å². The van der Waals surface area contributed by atoms with Crippen molar-refractivity contribution in [2.45, 2.75) is 10.6 Å². The van der Waals surface area contributed by atoms with Crippen molar-refractivity contribution in [3.05, 3.63) is 39.3 Å². The number of fused-ring (bicyclic) bond motifs is 6. The van der Waals surface area contributed by atoms with Gasteiger partial charge in [-0.05, 0) is 0 Å². The summed E-state index contributed by atoms with van der Waals surface area (Å²) < 4.78 is 7.16. The third kappa shape index (κ3) is 1.60. The molecule has 5 rings (SSSR count). The molecule has 0 fully saturated rings. The molecule has 2 aliphatic heterocycles. The Kier molecular flexibility index (Phi) is 2.71. The first-order valence-corrected chi connectivity index (χ1v) is 10.6. The molecule has 0 saturated carbocycles. The van der Waals surface area contributed by atoms with E-state index < -0.39 is 0 Å². The zero-order chi connectivity index (χ0) is 13.1. The SMILES string of the molecule is c1ccc2c3c(sc2c1)C1=C(CS3)c2nn[se]c2CS1. The van der Waals surface area contributed by atoms with Crippen molar-refractivity contribution in [3.63, 3.8) is 0 Å². The second-order valence-corrected chi connectivity index (χ2v) is 9.47. The fourth-order valence-corrected chi connectivity index (χ4v) is 8.42. The molecule has 0 N–H and O–H groups in total. The predicted molar refractivity (Wildman–Crippen MR) is 89.6 cm³/mol. The van der Waals surface area contributed by atoms with Crippen molar-refractivity contribution >= 4 is 70.2 Å². The zero-order valence-electron chi connectivity index (χ0n) is 10.3. The summed E-state index contributed by atoms with van der Waals surface area (Å²) in [4.78, 5) is 4.40. The van der Waals surface area contributed by atoms with Crippen LogP contribution in [0.3, 0.4) is 0 Å². The molecule has 2 aromatic heterocycles. The molecule has 3 aromatic rings. The summed E-state index contributed by atoms with van der Waals surface area (Å²) in [5.41, 5.74) is 2.65. The van der Waals surface area contributed by atoms with Crippen LogP contribution in [0.2, 0.25) is 0 Å². The van der Waals surface area contributed by atoms with Crippen molar-refractivity contribution in [1.29, 1.82) is 0 Å².